The predicted molar refractivity (Wildman–Crippen MR) is 74.4 cm³/mol. The molecule has 1 N–H and O–H groups in total. The van der Waals surface area contributed by atoms with E-state index in [0.29, 0.717) is 19.6 Å². The van der Waals surface area contributed by atoms with Crippen molar-refractivity contribution < 1.29 is 19.5 Å². The van der Waals surface area contributed by atoms with E-state index in [0.717, 1.165) is 32.2 Å². The van der Waals surface area contributed by atoms with Gasteiger partial charge >= 0.3 is 5.97 Å². The summed E-state index contributed by atoms with van der Waals surface area (Å²) < 4.78 is 0. The van der Waals surface area contributed by atoms with Crippen LogP contribution in [-0.2, 0) is 14.4 Å². The summed E-state index contributed by atoms with van der Waals surface area (Å²) in [5, 5.41) is 8.73. The Kier molecular flexibility index (Phi) is 3.87. The van der Waals surface area contributed by atoms with Crippen LogP contribution < -0.4 is 0 Å². The van der Waals surface area contributed by atoms with Crippen molar-refractivity contribution in [3.8, 4) is 0 Å². The number of hydrogen-bond donors (Lipinski definition) is 1. The van der Waals surface area contributed by atoms with Crippen molar-refractivity contribution in [3.63, 3.8) is 0 Å². The molecule has 6 heteroatoms. The van der Waals surface area contributed by atoms with Crippen molar-refractivity contribution in [3.05, 3.63) is 0 Å². The minimum absolute atomic E-state index is 0.0905. The molecular weight excluding hydrogens is 272 g/mol. The van der Waals surface area contributed by atoms with E-state index in [4.69, 9.17) is 5.11 Å². The maximum absolute atomic E-state index is 12.4. The summed E-state index contributed by atoms with van der Waals surface area (Å²) in [6.07, 6.45) is 3.86. The molecule has 6 nitrogen and oxygen atoms in total. The fourth-order valence-corrected chi connectivity index (χ4v) is 3.35. The van der Waals surface area contributed by atoms with Crippen molar-refractivity contribution in [2.24, 2.45) is 17.8 Å². The molecule has 0 radical (unpaired) electrons. The molecule has 0 aromatic carbocycles. The number of amides is 2. The molecule has 1 aliphatic carbocycles. The molecule has 3 rings (SSSR count). The second-order valence-electron chi connectivity index (χ2n) is 6.60. The Labute approximate surface area is 124 Å². The van der Waals surface area contributed by atoms with Gasteiger partial charge in [0.2, 0.25) is 11.8 Å². The highest BCUT2D eigenvalue weighted by molar-refractivity contribution is 5.84. The van der Waals surface area contributed by atoms with Crippen molar-refractivity contribution in [1.29, 1.82) is 0 Å². The molecule has 3 aliphatic rings. The van der Waals surface area contributed by atoms with Gasteiger partial charge in [-0.05, 0) is 25.7 Å². The standard InChI is InChI=1S/C15H22N2O4/c18-13(19)6-10-7-17(8-10)15(21)12-2-1-5-16(9-12)14(20)11-3-4-11/h10-12H,1-9H2,(H,18,19). The summed E-state index contributed by atoms with van der Waals surface area (Å²) in [6, 6.07) is 0. The highest BCUT2D eigenvalue weighted by atomic mass is 16.4. The zero-order valence-corrected chi connectivity index (χ0v) is 12.2. The number of aliphatic carboxylic acids is 1. The number of carboxylic acids is 1. The Hall–Kier alpha value is -1.59. The van der Waals surface area contributed by atoms with Gasteiger partial charge in [-0.15, -0.1) is 0 Å². The van der Waals surface area contributed by atoms with Gasteiger partial charge in [0.25, 0.3) is 0 Å². The van der Waals surface area contributed by atoms with Gasteiger partial charge < -0.3 is 14.9 Å². The smallest absolute Gasteiger partial charge is 0.303 e. The zero-order chi connectivity index (χ0) is 15.0. The normalized spacial score (nSPS) is 26.4. The first kappa shape index (κ1) is 14.4. The molecule has 0 spiro atoms. The van der Waals surface area contributed by atoms with Gasteiger partial charge in [0.05, 0.1) is 12.3 Å². The number of carbonyl (C=O) groups is 3. The van der Waals surface area contributed by atoms with E-state index in [1.54, 1.807) is 4.90 Å². The largest absolute Gasteiger partial charge is 0.481 e. The van der Waals surface area contributed by atoms with E-state index in [1.165, 1.54) is 0 Å². The van der Waals surface area contributed by atoms with Gasteiger partial charge in [-0.2, -0.15) is 0 Å². The third kappa shape index (κ3) is 3.19. The van der Waals surface area contributed by atoms with Gasteiger partial charge in [0.1, 0.15) is 0 Å². The fourth-order valence-electron chi connectivity index (χ4n) is 3.35. The predicted octanol–water partition coefficient (Wildman–Crippen LogP) is 0.568. The second kappa shape index (κ2) is 5.66. The summed E-state index contributed by atoms with van der Waals surface area (Å²) >= 11 is 0. The van der Waals surface area contributed by atoms with Crippen LogP contribution in [0.1, 0.15) is 32.1 Å². The molecule has 2 aliphatic heterocycles. The third-order valence-corrected chi connectivity index (χ3v) is 4.74. The lowest BCUT2D eigenvalue weighted by atomic mass is 9.91. The number of piperidine rings is 1. The molecule has 0 aromatic heterocycles. The Morgan fingerprint density at radius 2 is 1.57 bits per heavy atom. The summed E-state index contributed by atoms with van der Waals surface area (Å²) in [6.45, 7) is 2.44. The molecule has 21 heavy (non-hydrogen) atoms. The second-order valence-corrected chi connectivity index (χ2v) is 6.60. The number of rotatable bonds is 4. The maximum Gasteiger partial charge on any atom is 0.303 e. The SMILES string of the molecule is O=C(O)CC1CN(C(=O)C2CCCN(C(=O)C3CC3)C2)C1. The number of carboxylic acid groups (broad SMARTS) is 1. The molecule has 3 fully saturated rings. The molecule has 2 amide bonds. The van der Waals surface area contributed by atoms with Crippen molar-refractivity contribution in [1.82, 2.24) is 9.80 Å². The number of carbonyl (C=O) groups excluding carboxylic acids is 2. The first-order valence-electron chi connectivity index (χ1n) is 7.84. The molecule has 2 saturated heterocycles. The first-order valence-corrected chi connectivity index (χ1v) is 7.84. The quantitative estimate of drug-likeness (QED) is 0.822. The molecule has 0 bridgehead atoms. The maximum atomic E-state index is 12.4. The van der Waals surface area contributed by atoms with E-state index in [1.807, 2.05) is 4.90 Å². The number of likely N-dealkylation sites (tertiary alicyclic amines) is 2. The van der Waals surface area contributed by atoms with Gasteiger partial charge in [0, 0.05) is 38.0 Å². The first-order chi connectivity index (χ1) is 10.0. The number of hydrogen-bond acceptors (Lipinski definition) is 3. The van der Waals surface area contributed by atoms with Crippen LogP contribution in [0.2, 0.25) is 0 Å². The van der Waals surface area contributed by atoms with Crippen LogP contribution in [0.5, 0.6) is 0 Å². The molecule has 1 saturated carbocycles. The van der Waals surface area contributed by atoms with Crippen LogP contribution in [0.4, 0.5) is 0 Å². The Morgan fingerprint density at radius 3 is 2.19 bits per heavy atom. The van der Waals surface area contributed by atoms with Crippen molar-refractivity contribution >= 4 is 17.8 Å². The van der Waals surface area contributed by atoms with Crippen molar-refractivity contribution in [2.45, 2.75) is 32.1 Å². The van der Waals surface area contributed by atoms with Crippen LogP contribution in [0.3, 0.4) is 0 Å². The van der Waals surface area contributed by atoms with Crippen LogP contribution in [-0.4, -0.2) is 58.9 Å². The molecule has 1 atom stereocenters. The summed E-state index contributed by atoms with van der Waals surface area (Å²) in [7, 11) is 0. The van der Waals surface area contributed by atoms with E-state index >= 15 is 0 Å². The van der Waals surface area contributed by atoms with Gasteiger partial charge in [-0.3, -0.25) is 14.4 Å². The van der Waals surface area contributed by atoms with Crippen LogP contribution in [0, 0.1) is 17.8 Å². The Balaban J connectivity index is 1.48. The van der Waals surface area contributed by atoms with Crippen LogP contribution in [0.15, 0.2) is 0 Å². The molecule has 116 valence electrons. The van der Waals surface area contributed by atoms with Gasteiger partial charge in [-0.25, -0.2) is 0 Å². The summed E-state index contributed by atoms with van der Waals surface area (Å²) in [5.74, 6) is -0.259. The summed E-state index contributed by atoms with van der Waals surface area (Å²) in [5.41, 5.74) is 0. The third-order valence-electron chi connectivity index (χ3n) is 4.74. The topological polar surface area (TPSA) is 77.9 Å². The Morgan fingerprint density at radius 1 is 0.905 bits per heavy atom. The monoisotopic (exact) mass is 294 g/mol. The Bertz CT molecular complexity index is 455. The van der Waals surface area contributed by atoms with E-state index in [9.17, 15) is 14.4 Å². The lowest BCUT2D eigenvalue weighted by molar-refractivity contribution is -0.150. The average molecular weight is 294 g/mol. The minimum Gasteiger partial charge on any atom is -0.481 e. The fraction of sp³-hybridized carbons (Fsp3) is 0.800. The van der Waals surface area contributed by atoms with Gasteiger partial charge in [0.15, 0.2) is 0 Å². The highest BCUT2D eigenvalue weighted by Gasteiger charge is 2.40. The number of nitrogens with zero attached hydrogens (tertiary/aromatic N) is 2. The summed E-state index contributed by atoms with van der Waals surface area (Å²) in [4.78, 5) is 38.7. The average Bonchev–Trinajstić information content (AvgIpc) is 3.25. The minimum atomic E-state index is -0.800. The molecule has 0 aromatic rings. The molecule has 2 heterocycles. The van der Waals surface area contributed by atoms with E-state index < -0.39 is 5.97 Å². The lowest BCUT2D eigenvalue weighted by Crippen LogP contribution is -2.55. The zero-order valence-electron chi connectivity index (χ0n) is 12.2. The molecule has 1 unspecified atom stereocenters. The van der Waals surface area contributed by atoms with E-state index in [-0.39, 0.29) is 36.0 Å². The molecular formula is C15H22N2O4. The van der Waals surface area contributed by atoms with Gasteiger partial charge in [-0.1, -0.05) is 0 Å². The lowest BCUT2D eigenvalue weighted by Gasteiger charge is -2.42. The van der Waals surface area contributed by atoms with Crippen LogP contribution >= 0.6 is 0 Å². The van der Waals surface area contributed by atoms with Crippen molar-refractivity contribution in [2.75, 3.05) is 26.2 Å². The highest BCUT2D eigenvalue weighted by Crippen LogP contribution is 2.33. The van der Waals surface area contributed by atoms with Crippen LogP contribution in [0.25, 0.3) is 0 Å². The van der Waals surface area contributed by atoms with E-state index in [2.05, 4.69) is 0 Å².